The van der Waals surface area contributed by atoms with Gasteiger partial charge in [0.25, 0.3) is 0 Å². The van der Waals surface area contributed by atoms with Crippen molar-refractivity contribution in [1.29, 1.82) is 0 Å². The van der Waals surface area contributed by atoms with Crippen LogP contribution in [0.1, 0.15) is 4.88 Å². The number of nitrogens with one attached hydrogen (secondary N) is 1. The van der Waals surface area contributed by atoms with Crippen molar-refractivity contribution in [3.63, 3.8) is 0 Å². The van der Waals surface area contributed by atoms with Crippen molar-refractivity contribution >= 4 is 40.6 Å². The molecule has 0 aliphatic carbocycles. The molecule has 6 heteroatoms. The van der Waals surface area contributed by atoms with E-state index in [2.05, 4.69) is 10.4 Å². The summed E-state index contributed by atoms with van der Waals surface area (Å²) in [7, 11) is 3.43. The zero-order chi connectivity index (χ0) is 14.4. The summed E-state index contributed by atoms with van der Waals surface area (Å²) in [6.07, 6.45) is 1.78. The topological polar surface area (TPSA) is 36.9 Å². The Morgan fingerprint density at radius 3 is 2.85 bits per heavy atom. The molecule has 0 saturated heterocycles. The lowest BCUT2D eigenvalue weighted by Crippen LogP contribution is -2.26. The van der Waals surface area contributed by atoms with Gasteiger partial charge in [-0.2, -0.15) is 5.10 Å². The van der Waals surface area contributed by atoms with E-state index >= 15 is 0 Å². The summed E-state index contributed by atoms with van der Waals surface area (Å²) in [6.45, 7) is 0. The summed E-state index contributed by atoms with van der Waals surface area (Å²) in [6, 6.07) is 11.6. The molecular formula is C14H15N3OS2. The van der Waals surface area contributed by atoms with Gasteiger partial charge < -0.3 is 10.1 Å². The third-order valence-electron chi connectivity index (χ3n) is 2.54. The van der Waals surface area contributed by atoms with Crippen molar-refractivity contribution in [3.05, 3.63) is 46.7 Å². The minimum absolute atomic E-state index is 0.502. The van der Waals surface area contributed by atoms with E-state index in [4.69, 9.17) is 17.0 Å². The molecular weight excluding hydrogens is 290 g/mol. The number of rotatable bonds is 4. The molecule has 0 aliphatic rings. The first-order chi connectivity index (χ1) is 9.70. The minimum Gasteiger partial charge on any atom is -0.495 e. The smallest absolute Gasteiger partial charge is 0.193 e. The van der Waals surface area contributed by atoms with Crippen molar-refractivity contribution in [2.45, 2.75) is 0 Å². The highest BCUT2D eigenvalue weighted by atomic mass is 32.1. The van der Waals surface area contributed by atoms with Gasteiger partial charge in [0.05, 0.1) is 19.0 Å². The number of methoxy groups -OCH3 is 1. The molecule has 0 aliphatic heterocycles. The fraction of sp³-hybridized carbons (Fsp3) is 0.143. The fourth-order valence-electron chi connectivity index (χ4n) is 1.50. The molecule has 20 heavy (non-hydrogen) atoms. The Labute approximate surface area is 127 Å². The van der Waals surface area contributed by atoms with Crippen LogP contribution in [0.15, 0.2) is 46.9 Å². The average Bonchev–Trinajstić information content (AvgIpc) is 2.98. The van der Waals surface area contributed by atoms with Crippen LogP contribution < -0.4 is 10.1 Å². The molecule has 1 N–H and O–H groups in total. The fourth-order valence-corrected chi connectivity index (χ4v) is 2.24. The molecule has 0 bridgehead atoms. The third kappa shape index (κ3) is 3.79. The number of anilines is 1. The van der Waals surface area contributed by atoms with E-state index in [1.807, 2.05) is 41.8 Å². The molecule has 0 fully saturated rings. The van der Waals surface area contributed by atoms with Crippen LogP contribution in [0.4, 0.5) is 5.69 Å². The van der Waals surface area contributed by atoms with Gasteiger partial charge in [0.15, 0.2) is 5.11 Å². The second kappa shape index (κ2) is 7.02. The van der Waals surface area contributed by atoms with Gasteiger partial charge in [-0.1, -0.05) is 18.2 Å². The van der Waals surface area contributed by atoms with E-state index in [9.17, 15) is 0 Å². The zero-order valence-corrected chi connectivity index (χ0v) is 12.9. The number of thiocarbonyl (C=S) groups is 1. The Hall–Kier alpha value is -1.92. The second-order valence-corrected chi connectivity index (χ2v) is 5.28. The second-order valence-electron chi connectivity index (χ2n) is 3.91. The predicted molar refractivity (Wildman–Crippen MR) is 88.9 cm³/mol. The first-order valence-electron chi connectivity index (χ1n) is 5.96. The van der Waals surface area contributed by atoms with Crippen molar-refractivity contribution in [3.8, 4) is 5.75 Å². The maximum atomic E-state index is 5.31. The monoisotopic (exact) mass is 305 g/mol. The van der Waals surface area contributed by atoms with E-state index in [1.165, 1.54) is 0 Å². The van der Waals surface area contributed by atoms with E-state index in [1.54, 1.807) is 36.7 Å². The number of hydrogen-bond donors (Lipinski definition) is 1. The highest BCUT2D eigenvalue weighted by Crippen LogP contribution is 2.23. The number of nitrogens with zero attached hydrogens (tertiary/aromatic N) is 2. The molecule has 0 saturated carbocycles. The molecule has 1 heterocycles. The molecule has 0 radical (unpaired) electrons. The van der Waals surface area contributed by atoms with Crippen LogP contribution in [0.2, 0.25) is 0 Å². The number of para-hydroxylation sites is 2. The molecule has 0 spiro atoms. The van der Waals surface area contributed by atoms with Crippen LogP contribution in [-0.2, 0) is 0 Å². The number of ether oxygens (including phenoxy) is 1. The number of hydrogen-bond acceptors (Lipinski definition) is 4. The summed E-state index contributed by atoms with van der Waals surface area (Å²) in [4.78, 5) is 1.08. The highest BCUT2D eigenvalue weighted by molar-refractivity contribution is 7.80. The molecule has 0 unspecified atom stereocenters. The van der Waals surface area contributed by atoms with Gasteiger partial charge in [-0.15, -0.1) is 11.3 Å². The van der Waals surface area contributed by atoms with Crippen LogP contribution in [0.25, 0.3) is 0 Å². The maximum Gasteiger partial charge on any atom is 0.193 e. The van der Waals surface area contributed by atoms with Crippen molar-refractivity contribution in [2.75, 3.05) is 19.5 Å². The zero-order valence-electron chi connectivity index (χ0n) is 11.2. The lowest BCUT2D eigenvalue weighted by atomic mass is 10.3. The quantitative estimate of drug-likeness (QED) is 0.533. The number of benzene rings is 1. The number of hydrazone groups is 1. The standard InChI is InChI=1S/C14H15N3OS2/c1-17(15-10-11-6-5-9-20-11)14(19)16-12-7-3-4-8-13(12)18-2/h3-10H,1-2H3,(H,16,19)/b15-10+. The SMILES string of the molecule is COc1ccccc1NC(=S)N(C)/N=C/c1cccs1. The Morgan fingerprint density at radius 1 is 1.35 bits per heavy atom. The molecule has 0 amide bonds. The van der Waals surface area contributed by atoms with Crippen molar-refractivity contribution < 1.29 is 4.74 Å². The van der Waals surface area contributed by atoms with Crippen molar-refractivity contribution in [2.24, 2.45) is 5.10 Å². The van der Waals surface area contributed by atoms with Crippen LogP contribution in [0.3, 0.4) is 0 Å². The normalized spacial score (nSPS) is 10.5. The van der Waals surface area contributed by atoms with Gasteiger partial charge in [0, 0.05) is 11.9 Å². The first kappa shape index (κ1) is 14.5. The summed E-state index contributed by atoms with van der Waals surface area (Å²) in [5, 5.41) is 11.5. The van der Waals surface area contributed by atoms with Gasteiger partial charge in [-0.05, 0) is 35.8 Å². The first-order valence-corrected chi connectivity index (χ1v) is 7.24. The molecule has 1 aromatic carbocycles. The highest BCUT2D eigenvalue weighted by Gasteiger charge is 2.06. The van der Waals surface area contributed by atoms with Crippen LogP contribution >= 0.6 is 23.6 Å². The van der Waals surface area contributed by atoms with Gasteiger partial charge >= 0.3 is 0 Å². The summed E-state index contributed by atoms with van der Waals surface area (Å²) >= 11 is 6.94. The van der Waals surface area contributed by atoms with E-state index < -0.39 is 0 Å². The molecule has 4 nitrogen and oxygen atoms in total. The van der Waals surface area contributed by atoms with Gasteiger partial charge in [0.2, 0.25) is 0 Å². The maximum absolute atomic E-state index is 5.31. The van der Waals surface area contributed by atoms with E-state index in [0.717, 1.165) is 16.3 Å². The molecule has 1 aromatic heterocycles. The van der Waals surface area contributed by atoms with E-state index in [-0.39, 0.29) is 0 Å². The molecule has 2 aromatic rings. The Morgan fingerprint density at radius 2 is 2.15 bits per heavy atom. The average molecular weight is 305 g/mol. The molecule has 2 rings (SSSR count). The Bertz CT molecular complexity index is 596. The molecule has 104 valence electrons. The van der Waals surface area contributed by atoms with Crippen LogP contribution in [-0.4, -0.2) is 30.5 Å². The van der Waals surface area contributed by atoms with Crippen LogP contribution in [0.5, 0.6) is 5.75 Å². The lowest BCUT2D eigenvalue weighted by molar-refractivity contribution is 0.416. The molecule has 0 atom stereocenters. The van der Waals surface area contributed by atoms with Crippen LogP contribution in [0, 0.1) is 0 Å². The van der Waals surface area contributed by atoms with Gasteiger partial charge in [0.1, 0.15) is 5.75 Å². The van der Waals surface area contributed by atoms with E-state index in [0.29, 0.717) is 5.11 Å². The Balaban J connectivity index is 2.00. The van der Waals surface area contributed by atoms with Crippen molar-refractivity contribution in [1.82, 2.24) is 5.01 Å². The van der Waals surface area contributed by atoms with Gasteiger partial charge in [-0.25, -0.2) is 5.01 Å². The summed E-state index contributed by atoms with van der Waals surface area (Å²) in [5.41, 5.74) is 0.818. The lowest BCUT2D eigenvalue weighted by Gasteiger charge is -2.17. The third-order valence-corrected chi connectivity index (χ3v) is 3.72. The Kier molecular flexibility index (Phi) is 5.09. The summed E-state index contributed by atoms with van der Waals surface area (Å²) < 4.78 is 5.27. The summed E-state index contributed by atoms with van der Waals surface area (Å²) in [5.74, 6) is 0.741. The minimum atomic E-state index is 0.502. The predicted octanol–water partition coefficient (Wildman–Crippen LogP) is 3.42. The largest absolute Gasteiger partial charge is 0.495 e. The van der Waals surface area contributed by atoms with Gasteiger partial charge in [-0.3, -0.25) is 0 Å². The number of thiophene rings is 1.